The standard InChI is InChI=1S/C27H34O8/c1-5-26(19-10-17-9-18(12-19)13-20(26)11-17)35-25(33)16(4)27(7-6-22(28)34-27)21(15(3)24(31)32)8-14(2)23(29)30/h8,17-21H,3-7,9-13H2,1-2H3,(H,29,30)(H,31,32). The van der Waals surface area contributed by atoms with Crippen molar-refractivity contribution in [2.24, 2.45) is 29.6 Å². The normalized spacial score (nSPS) is 36.4. The number of carbonyl (C=O) groups excluding carboxylic acids is 2. The van der Waals surface area contributed by atoms with E-state index in [0.717, 1.165) is 25.7 Å². The Morgan fingerprint density at radius 1 is 1.09 bits per heavy atom. The molecule has 4 saturated carbocycles. The molecular weight excluding hydrogens is 452 g/mol. The van der Waals surface area contributed by atoms with Crippen molar-refractivity contribution in [2.75, 3.05) is 0 Å². The number of hydrogen-bond acceptors (Lipinski definition) is 6. The van der Waals surface area contributed by atoms with Crippen LogP contribution in [0.5, 0.6) is 0 Å². The van der Waals surface area contributed by atoms with E-state index in [1.807, 2.05) is 6.92 Å². The van der Waals surface area contributed by atoms with E-state index >= 15 is 0 Å². The highest BCUT2D eigenvalue weighted by atomic mass is 16.6. The van der Waals surface area contributed by atoms with Gasteiger partial charge in [0, 0.05) is 24.0 Å². The molecule has 1 saturated heterocycles. The molecule has 0 aromatic rings. The minimum atomic E-state index is -1.78. The summed E-state index contributed by atoms with van der Waals surface area (Å²) >= 11 is 0. The Kier molecular flexibility index (Phi) is 6.45. The van der Waals surface area contributed by atoms with E-state index in [2.05, 4.69) is 13.2 Å². The van der Waals surface area contributed by atoms with Gasteiger partial charge in [-0.1, -0.05) is 26.2 Å². The first-order valence-corrected chi connectivity index (χ1v) is 12.4. The molecule has 0 aromatic carbocycles. The van der Waals surface area contributed by atoms with Gasteiger partial charge in [-0.2, -0.15) is 0 Å². The van der Waals surface area contributed by atoms with E-state index < -0.39 is 46.6 Å². The van der Waals surface area contributed by atoms with E-state index in [1.165, 1.54) is 19.4 Å². The first kappa shape index (κ1) is 25.2. The third kappa shape index (κ3) is 4.10. The number of cyclic esters (lactones) is 1. The van der Waals surface area contributed by atoms with E-state index in [-0.39, 0.29) is 35.8 Å². The van der Waals surface area contributed by atoms with Crippen molar-refractivity contribution in [1.29, 1.82) is 0 Å². The maximum absolute atomic E-state index is 13.7. The summed E-state index contributed by atoms with van der Waals surface area (Å²) in [4.78, 5) is 49.4. The van der Waals surface area contributed by atoms with Crippen molar-refractivity contribution in [3.63, 3.8) is 0 Å². The first-order valence-electron chi connectivity index (χ1n) is 12.4. The molecule has 8 nitrogen and oxygen atoms in total. The van der Waals surface area contributed by atoms with Gasteiger partial charge in [0.1, 0.15) is 5.60 Å². The number of aliphatic carboxylic acids is 2. The summed E-state index contributed by atoms with van der Waals surface area (Å²) < 4.78 is 11.9. The minimum absolute atomic E-state index is 0.0315. The summed E-state index contributed by atoms with van der Waals surface area (Å²) in [5.74, 6) is -3.41. The van der Waals surface area contributed by atoms with E-state index in [9.17, 15) is 29.4 Å². The fraction of sp³-hybridized carbons (Fsp3) is 0.630. The predicted octanol–water partition coefficient (Wildman–Crippen LogP) is 4.05. The minimum Gasteiger partial charge on any atom is -0.478 e. The Hall–Kier alpha value is -2.90. The molecule has 4 bridgehead atoms. The van der Waals surface area contributed by atoms with Gasteiger partial charge >= 0.3 is 23.9 Å². The molecule has 2 atom stereocenters. The Morgan fingerprint density at radius 2 is 1.66 bits per heavy atom. The maximum atomic E-state index is 13.7. The molecule has 0 amide bonds. The van der Waals surface area contributed by atoms with Crippen LogP contribution in [0, 0.1) is 29.6 Å². The molecule has 0 spiro atoms. The van der Waals surface area contributed by atoms with Crippen LogP contribution in [0.15, 0.2) is 36.0 Å². The summed E-state index contributed by atoms with van der Waals surface area (Å²) in [6, 6.07) is 0. The Morgan fingerprint density at radius 3 is 2.09 bits per heavy atom. The average molecular weight is 487 g/mol. The molecule has 1 heterocycles. The van der Waals surface area contributed by atoms with Gasteiger partial charge in [-0.15, -0.1) is 0 Å². The second-order valence-electron chi connectivity index (χ2n) is 10.8. The number of hydrogen-bond donors (Lipinski definition) is 2. The van der Waals surface area contributed by atoms with Gasteiger partial charge < -0.3 is 19.7 Å². The highest BCUT2D eigenvalue weighted by molar-refractivity contribution is 5.95. The summed E-state index contributed by atoms with van der Waals surface area (Å²) in [6.07, 6.45) is 7.10. The molecular formula is C27H34O8. The molecule has 35 heavy (non-hydrogen) atoms. The number of carboxylic acid groups (broad SMARTS) is 2. The smallest absolute Gasteiger partial charge is 0.338 e. The second-order valence-corrected chi connectivity index (χ2v) is 10.8. The van der Waals surface area contributed by atoms with Crippen molar-refractivity contribution in [2.45, 2.75) is 76.4 Å². The highest BCUT2D eigenvalue weighted by Crippen LogP contribution is 2.61. The maximum Gasteiger partial charge on any atom is 0.338 e. The van der Waals surface area contributed by atoms with E-state index in [4.69, 9.17) is 9.47 Å². The molecule has 1 aliphatic heterocycles. The van der Waals surface area contributed by atoms with Crippen molar-refractivity contribution in [3.05, 3.63) is 36.0 Å². The predicted molar refractivity (Wildman–Crippen MR) is 125 cm³/mol. The monoisotopic (exact) mass is 486 g/mol. The summed E-state index contributed by atoms with van der Waals surface area (Å²) in [5.41, 5.74) is -3.13. The lowest BCUT2D eigenvalue weighted by molar-refractivity contribution is -0.209. The average Bonchev–Trinajstić information content (AvgIpc) is 3.20. The Bertz CT molecular complexity index is 992. The van der Waals surface area contributed by atoms with Crippen LogP contribution in [-0.4, -0.2) is 45.3 Å². The lowest BCUT2D eigenvalue weighted by Gasteiger charge is -2.60. The molecule has 190 valence electrons. The molecule has 4 aliphatic carbocycles. The van der Waals surface area contributed by atoms with E-state index in [1.54, 1.807) is 0 Å². The number of carbonyl (C=O) groups is 4. The van der Waals surface area contributed by atoms with Crippen LogP contribution in [0.4, 0.5) is 0 Å². The zero-order valence-corrected chi connectivity index (χ0v) is 20.4. The van der Waals surface area contributed by atoms with Crippen molar-refractivity contribution in [3.8, 4) is 0 Å². The largest absolute Gasteiger partial charge is 0.478 e. The van der Waals surface area contributed by atoms with Crippen LogP contribution in [0.1, 0.15) is 65.2 Å². The van der Waals surface area contributed by atoms with Gasteiger partial charge in [0.05, 0.1) is 11.5 Å². The molecule has 8 heteroatoms. The third-order valence-corrected chi connectivity index (χ3v) is 9.02. The molecule has 0 radical (unpaired) electrons. The molecule has 5 aliphatic rings. The third-order valence-electron chi connectivity index (χ3n) is 9.02. The van der Waals surface area contributed by atoms with Crippen molar-refractivity contribution in [1.82, 2.24) is 0 Å². The van der Waals surface area contributed by atoms with Crippen molar-refractivity contribution < 1.29 is 38.9 Å². The summed E-state index contributed by atoms with van der Waals surface area (Å²) in [7, 11) is 0. The number of rotatable bonds is 9. The van der Waals surface area contributed by atoms with Gasteiger partial charge in [0.2, 0.25) is 0 Å². The van der Waals surface area contributed by atoms with Crippen molar-refractivity contribution >= 4 is 23.9 Å². The van der Waals surface area contributed by atoms with Crippen LogP contribution >= 0.6 is 0 Å². The van der Waals surface area contributed by atoms with Gasteiger partial charge in [-0.25, -0.2) is 14.4 Å². The summed E-state index contributed by atoms with van der Waals surface area (Å²) in [6.45, 7) is 10.9. The zero-order chi connectivity index (χ0) is 25.7. The Balaban J connectivity index is 1.69. The lowest BCUT2D eigenvalue weighted by Crippen LogP contribution is -2.60. The Labute approximate surface area is 205 Å². The zero-order valence-electron chi connectivity index (χ0n) is 20.4. The van der Waals surface area contributed by atoms with Crippen LogP contribution in [0.25, 0.3) is 0 Å². The molecule has 5 fully saturated rings. The van der Waals surface area contributed by atoms with Gasteiger partial charge in [-0.05, 0) is 69.1 Å². The topological polar surface area (TPSA) is 127 Å². The van der Waals surface area contributed by atoms with Gasteiger partial charge in [-0.3, -0.25) is 4.79 Å². The number of carboxylic acids is 2. The van der Waals surface area contributed by atoms with Gasteiger partial charge in [0.25, 0.3) is 0 Å². The van der Waals surface area contributed by atoms with Gasteiger partial charge in [0.15, 0.2) is 5.60 Å². The second kappa shape index (κ2) is 8.95. The number of ether oxygens (including phenoxy) is 2. The quantitative estimate of drug-likeness (QED) is 0.369. The fourth-order valence-electron chi connectivity index (χ4n) is 7.39. The first-order chi connectivity index (χ1) is 16.4. The van der Waals surface area contributed by atoms with Crippen LogP contribution in [-0.2, 0) is 28.7 Å². The molecule has 2 N–H and O–H groups in total. The summed E-state index contributed by atoms with van der Waals surface area (Å²) in [5, 5.41) is 19.1. The molecule has 0 aromatic heterocycles. The molecule has 5 rings (SSSR count). The highest BCUT2D eigenvalue weighted by Gasteiger charge is 2.60. The lowest BCUT2D eigenvalue weighted by atomic mass is 9.49. The SMILES string of the molecule is C=C(C(=O)O)C(C=C(C)C(=O)O)C1(C(=C)C(=O)OC2(CC)C3CC4CC(C3)CC2C4)CCC(=O)O1. The van der Waals surface area contributed by atoms with Crippen LogP contribution in [0.2, 0.25) is 0 Å². The fourth-order valence-corrected chi connectivity index (χ4v) is 7.39. The van der Waals surface area contributed by atoms with E-state index in [0.29, 0.717) is 18.3 Å². The molecule has 2 unspecified atom stereocenters. The van der Waals surface area contributed by atoms with Crippen LogP contribution < -0.4 is 0 Å². The van der Waals surface area contributed by atoms with Crippen LogP contribution in [0.3, 0.4) is 0 Å². The number of esters is 2.